The monoisotopic (exact) mass is 211 g/mol. The van der Waals surface area contributed by atoms with Crippen LogP contribution in [0.15, 0.2) is 36.4 Å². The second-order valence-corrected chi connectivity index (χ2v) is 3.89. The first-order valence-electron chi connectivity index (χ1n) is 5.10. The fraction of sp³-hybridized carbons (Fsp3) is 0.0769. The molecule has 0 aliphatic carbocycles. The standard InChI is InChI=1S/C13H9NO2/c15-12-7-13(16)14-11-6-9-4-2-1-3-8(9)5-10(11)12/h1-6H,7H2,(H,14,16). The molecular formula is C13H9NO2. The van der Waals surface area contributed by atoms with Gasteiger partial charge in [0.2, 0.25) is 5.91 Å². The van der Waals surface area contributed by atoms with E-state index in [0.717, 1.165) is 10.8 Å². The summed E-state index contributed by atoms with van der Waals surface area (Å²) in [7, 11) is 0. The summed E-state index contributed by atoms with van der Waals surface area (Å²) in [6.07, 6.45) is -0.0503. The Morgan fingerprint density at radius 1 is 1.00 bits per heavy atom. The van der Waals surface area contributed by atoms with E-state index in [1.807, 2.05) is 36.4 Å². The van der Waals surface area contributed by atoms with Crippen molar-refractivity contribution < 1.29 is 9.59 Å². The highest BCUT2D eigenvalue weighted by Gasteiger charge is 2.22. The zero-order chi connectivity index (χ0) is 11.1. The molecule has 1 heterocycles. The minimum atomic E-state index is -0.229. The summed E-state index contributed by atoms with van der Waals surface area (Å²) in [6, 6.07) is 11.5. The molecule has 0 spiro atoms. The van der Waals surface area contributed by atoms with Crippen molar-refractivity contribution in [1.82, 2.24) is 0 Å². The normalized spacial score (nSPS) is 14.8. The van der Waals surface area contributed by atoms with Crippen molar-refractivity contribution in [2.75, 3.05) is 5.32 Å². The molecule has 0 fully saturated rings. The number of rotatable bonds is 0. The number of hydrogen-bond donors (Lipinski definition) is 1. The van der Waals surface area contributed by atoms with Crippen LogP contribution in [0.25, 0.3) is 10.8 Å². The fourth-order valence-corrected chi connectivity index (χ4v) is 2.01. The second-order valence-electron chi connectivity index (χ2n) is 3.89. The van der Waals surface area contributed by atoms with Crippen molar-refractivity contribution in [2.45, 2.75) is 6.42 Å². The van der Waals surface area contributed by atoms with Gasteiger partial charge in [-0.1, -0.05) is 24.3 Å². The largest absolute Gasteiger partial charge is 0.325 e. The van der Waals surface area contributed by atoms with Gasteiger partial charge < -0.3 is 5.32 Å². The number of carbonyl (C=O) groups is 2. The lowest BCUT2D eigenvalue weighted by molar-refractivity contribution is -0.115. The van der Waals surface area contributed by atoms with Crippen molar-refractivity contribution in [2.24, 2.45) is 0 Å². The van der Waals surface area contributed by atoms with Crippen LogP contribution in [0, 0.1) is 0 Å². The predicted molar refractivity (Wildman–Crippen MR) is 61.5 cm³/mol. The summed E-state index contributed by atoms with van der Waals surface area (Å²) in [6.45, 7) is 0. The number of anilines is 1. The van der Waals surface area contributed by atoms with Crippen LogP contribution >= 0.6 is 0 Å². The van der Waals surface area contributed by atoms with Gasteiger partial charge >= 0.3 is 0 Å². The molecule has 16 heavy (non-hydrogen) atoms. The summed E-state index contributed by atoms with van der Waals surface area (Å²) >= 11 is 0. The van der Waals surface area contributed by atoms with Crippen LogP contribution in [0.1, 0.15) is 16.8 Å². The van der Waals surface area contributed by atoms with Crippen molar-refractivity contribution >= 4 is 28.2 Å². The van der Waals surface area contributed by atoms with Gasteiger partial charge in [-0.05, 0) is 22.9 Å². The van der Waals surface area contributed by atoms with E-state index in [4.69, 9.17) is 0 Å². The van der Waals surface area contributed by atoms with Crippen LogP contribution in [0.3, 0.4) is 0 Å². The number of nitrogens with one attached hydrogen (secondary N) is 1. The quantitative estimate of drug-likeness (QED) is 0.680. The molecule has 2 aromatic carbocycles. The molecule has 0 bridgehead atoms. The van der Waals surface area contributed by atoms with Gasteiger partial charge in [0.05, 0.1) is 12.1 Å². The molecule has 1 N–H and O–H groups in total. The third kappa shape index (κ3) is 1.29. The summed E-state index contributed by atoms with van der Waals surface area (Å²) in [4.78, 5) is 22.9. The van der Waals surface area contributed by atoms with Crippen LogP contribution in [0.4, 0.5) is 5.69 Å². The third-order valence-corrected chi connectivity index (χ3v) is 2.78. The average molecular weight is 211 g/mol. The van der Waals surface area contributed by atoms with E-state index >= 15 is 0 Å². The molecule has 78 valence electrons. The maximum atomic E-state index is 11.7. The number of fused-ring (bicyclic) bond motifs is 2. The van der Waals surface area contributed by atoms with Crippen LogP contribution in [0.5, 0.6) is 0 Å². The fourth-order valence-electron chi connectivity index (χ4n) is 2.01. The maximum Gasteiger partial charge on any atom is 0.232 e. The zero-order valence-corrected chi connectivity index (χ0v) is 8.49. The Hall–Kier alpha value is -2.16. The highest BCUT2D eigenvalue weighted by molar-refractivity contribution is 6.20. The Bertz CT molecular complexity index is 616. The number of benzene rings is 2. The SMILES string of the molecule is O=C1CC(=O)c2cc3ccccc3cc2N1. The molecule has 0 unspecified atom stereocenters. The minimum Gasteiger partial charge on any atom is -0.325 e. The molecular weight excluding hydrogens is 202 g/mol. The summed E-state index contributed by atoms with van der Waals surface area (Å²) in [5.74, 6) is -0.336. The Morgan fingerprint density at radius 2 is 1.69 bits per heavy atom. The van der Waals surface area contributed by atoms with Gasteiger partial charge in [-0.15, -0.1) is 0 Å². The lowest BCUT2D eigenvalue weighted by atomic mass is 9.97. The van der Waals surface area contributed by atoms with Crippen molar-refractivity contribution in [3.05, 3.63) is 42.0 Å². The Balaban J connectivity index is 2.30. The van der Waals surface area contributed by atoms with E-state index in [2.05, 4.69) is 5.32 Å². The molecule has 1 aliphatic rings. The van der Waals surface area contributed by atoms with Gasteiger partial charge in [0.15, 0.2) is 5.78 Å². The Labute approximate surface area is 92.1 Å². The molecule has 0 radical (unpaired) electrons. The molecule has 3 rings (SSSR count). The van der Waals surface area contributed by atoms with Gasteiger partial charge in [-0.25, -0.2) is 0 Å². The molecule has 1 aliphatic heterocycles. The zero-order valence-electron chi connectivity index (χ0n) is 8.49. The summed E-state index contributed by atoms with van der Waals surface area (Å²) in [5, 5.41) is 4.77. The van der Waals surface area contributed by atoms with E-state index in [0.29, 0.717) is 11.3 Å². The highest BCUT2D eigenvalue weighted by Crippen LogP contribution is 2.27. The van der Waals surface area contributed by atoms with Gasteiger partial charge in [0, 0.05) is 5.56 Å². The Morgan fingerprint density at radius 3 is 2.44 bits per heavy atom. The van der Waals surface area contributed by atoms with Crippen LogP contribution in [0.2, 0.25) is 0 Å². The lowest BCUT2D eigenvalue weighted by Crippen LogP contribution is -2.23. The topological polar surface area (TPSA) is 46.2 Å². The first-order chi connectivity index (χ1) is 7.74. The number of amides is 1. The summed E-state index contributed by atoms with van der Waals surface area (Å²) in [5.41, 5.74) is 1.23. The number of carbonyl (C=O) groups excluding carboxylic acids is 2. The lowest BCUT2D eigenvalue weighted by Gasteiger charge is -2.16. The van der Waals surface area contributed by atoms with Gasteiger partial charge in [-0.2, -0.15) is 0 Å². The van der Waals surface area contributed by atoms with Crippen molar-refractivity contribution in [3.8, 4) is 0 Å². The van der Waals surface area contributed by atoms with Crippen LogP contribution in [-0.4, -0.2) is 11.7 Å². The smallest absolute Gasteiger partial charge is 0.232 e. The predicted octanol–water partition coefficient (Wildman–Crippen LogP) is 2.36. The maximum absolute atomic E-state index is 11.7. The summed E-state index contributed by atoms with van der Waals surface area (Å²) < 4.78 is 0. The molecule has 2 aromatic rings. The van der Waals surface area contributed by atoms with Gasteiger partial charge in [0.25, 0.3) is 0 Å². The minimum absolute atomic E-state index is 0.0503. The molecule has 0 atom stereocenters. The van der Waals surface area contributed by atoms with E-state index in [1.54, 1.807) is 0 Å². The van der Waals surface area contributed by atoms with Crippen molar-refractivity contribution in [1.29, 1.82) is 0 Å². The van der Waals surface area contributed by atoms with Crippen LogP contribution < -0.4 is 5.32 Å². The number of Topliss-reactive ketones (excluding diaryl/α,β-unsaturated/α-hetero) is 1. The van der Waals surface area contributed by atoms with Gasteiger partial charge in [0.1, 0.15) is 0 Å². The van der Waals surface area contributed by atoms with Crippen LogP contribution in [-0.2, 0) is 4.79 Å². The molecule has 1 amide bonds. The molecule has 0 aromatic heterocycles. The number of hydrogen-bond acceptors (Lipinski definition) is 2. The van der Waals surface area contributed by atoms with E-state index in [1.165, 1.54) is 0 Å². The molecule has 0 saturated heterocycles. The molecule has 3 heteroatoms. The van der Waals surface area contributed by atoms with E-state index in [9.17, 15) is 9.59 Å². The Kier molecular flexibility index (Phi) is 1.80. The first kappa shape index (κ1) is 9.09. The average Bonchev–Trinajstić information content (AvgIpc) is 2.27. The molecule has 0 saturated carbocycles. The van der Waals surface area contributed by atoms with E-state index < -0.39 is 0 Å². The highest BCUT2D eigenvalue weighted by atomic mass is 16.2. The first-order valence-corrected chi connectivity index (χ1v) is 5.10. The van der Waals surface area contributed by atoms with E-state index in [-0.39, 0.29) is 18.1 Å². The number of ketones is 1. The van der Waals surface area contributed by atoms with Crippen molar-refractivity contribution in [3.63, 3.8) is 0 Å². The third-order valence-electron chi connectivity index (χ3n) is 2.78. The van der Waals surface area contributed by atoms with Gasteiger partial charge in [-0.3, -0.25) is 9.59 Å². The molecule has 3 nitrogen and oxygen atoms in total. The second kappa shape index (κ2) is 3.17.